The van der Waals surface area contributed by atoms with Gasteiger partial charge in [0.15, 0.2) is 28.5 Å². The summed E-state index contributed by atoms with van der Waals surface area (Å²) in [6, 6.07) is 7.22. The largest absolute Gasteiger partial charge is 0.505 e. The average Bonchev–Trinajstić information content (AvgIpc) is 3.39. The molecule has 0 fully saturated rings. The molecule has 10 nitrogen and oxygen atoms in total. The Kier molecular flexibility index (Phi) is 7.38. The Labute approximate surface area is 195 Å². The van der Waals surface area contributed by atoms with Crippen LogP contribution in [0.2, 0.25) is 0 Å². The monoisotopic (exact) mass is 465 g/mol. The van der Waals surface area contributed by atoms with Gasteiger partial charge in [-0.2, -0.15) is 10.2 Å². The highest BCUT2D eigenvalue weighted by atomic mass is 16.5. The van der Waals surface area contributed by atoms with Gasteiger partial charge < -0.3 is 28.2 Å². The molecule has 0 amide bonds. The lowest BCUT2D eigenvalue weighted by atomic mass is 10.1. The third-order valence-corrected chi connectivity index (χ3v) is 4.70. The van der Waals surface area contributed by atoms with Crippen LogP contribution in [0.5, 0.6) is 11.5 Å². The highest BCUT2D eigenvalue weighted by Crippen LogP contribution is 2.30. The molecule has 3 aromatic rings. The second kappa shape index (κ2) is 10.4. The number of hydrogen-bond acceptors (Lipinski definition) is 10. The number of aryl methyl sites for hydroxylation is 2. The first-order chi connectivity index (χ1) is 16.3. The molecule has 3 rings (SSSR count). The van der Waals surface area contributed by atoms with Crippen molar-refractivity contribution in [2.75, 3.05) is 20.8 Å². The third-order valence-electron chi connectivity index (χ3n) is 4.70. The zero-order chi connectivity index (χ0) is 24.8. The van der Waals surface area contributed by atoms with Gasteiger partial charge >= 0.3 is 5.97 Å². The fourth-order valence-corrected chi connectivity index (χ4v) is 3.05. The SMILES string of the molecule is CCOC(=O)C(=C(O)c1nc(/C=C/c2ccc(OC)c(OC)c2)oc1C)c1nc(C#N)c(C)o1. The van der Waals surface area contributed by atoms with E-state index < -0.39 is 11.7 Å². The van der Waals surface area contributed by atoms with E-state index in [0.29, 0.717) is 11.5 Å². The van der Waals surface area contributed by atoms with E-state index in [1.807, 2.05) is 12.1 Å². The lowest BCUT2D eigenvalue weighted by Crippen LogP contribution is -2.10. The number of esters is 1. The fourth-order valence-electron chi connectivity index (χ4n) is 3.05. The molecule has 1 N–H and O–H groups in total. The normalized spacial score (nSPS) is 11.8. The molecule has 0 saturated heterocycles. The molecule has 10 heteroatoms. The van der Waals surface area contributed by atoms with Crippen molar-refractivity contribution in [2.24, 2.45) is 0 Å². The van der Waals surface area contributed by atoms with Gasteiger partial charge in [0.2, 0.25) is 11.8 Å². The maximum Gasteiger partial charge on any atom is 0.347 e. The Morgan fingerprint density at radius 3 is 2.47 bits per heavy atom. The van der Waals surface area contributed by atoms with E-state index in [1.165, 1.54) is 6.92 Å². The Balaban J connectivity index is 2.01. The summed E-state index contributed by atoms with van der Waals surface area (Å²) in [5, 5.41) is 20.1. The maximum absolute atomic E-state index is 12.6. The summed E-state index contributed by atoms with van der Waals surface area (Å²) >= 11 is 0. The molecule has 1 aromatic carbocycles. The van der Waals surface area contributed by atoms with Crippen LogP contribution in [0.4, 0.5) is 0 Å². The number of aliphatic hydroxyl groups is 1. The van der Waals surface area contributed by atoms with Gasteiger partial charge in [-0.15, -0.1) is 0 Å². The number of nitriles is 1. The van der Waals surface area contributed by atoms with Crippen molar-refractivity contribution in [3.05, 3.63) is 58.5 Å². The zero-order valence-electron chi connectivity index (χ0n) is 19.3. The Bertz CT molecular complexity index is 1310. The Morgan fingerprint density at radius 2 is 1.85 bits per heavy atom. The van der Waals surface area contributed by atoms with Crippen LogP contribution in [-0.2, 0) is 9.53 Å². The number of methoxy groups -OCH3 is 2. The number of benzene rings is 1. The minimum atomic E-state index is -0.879. The number of ether oxygens (including phenoxy) is 3. The van der Waals surface area contributed by atoms with Crippen molar-refractivity contribution in [1.29, 1.82) is 5.26 Å². The lowest BCUT2D eigenvalue weighted by Gasteiger charge is -2.07. The van der Waals surface area contributed by atoms with E-state index in [0.717, 1.165) is 5.56 Å². The Hall–Kier alpha value is -4.52. The topological polar surface area (TPSA) is 141 Å². The first kappa shape index (κ1) is 24.1. The summed E-state index contributed by atoms with van der Waals surface area (Å²) < 4.78 is 26.6. The van der Waals surface area contributed by atoms with E-state index in [-0.39, 0.29) is 46.9 Å². The molecule has 0 spiro atoms. The molecule has 2 heterocycles. The average molecular weight is 465 g/mol. The molecule has 176 valence electrons. The molecule has 0 aliphatic heterocycles. The molecular weight excluding hydrogens is 442 g/mol. The summed E-state index contributed by atoms with van der Waals surface area (Å²) in [7, 11) is 3.09. The van der Waals surface area contributed by atoms with E-state index in [4.69, 9.17) is 28.3 Å². The highest BCUT2D eigenvalue weighted by Gasteiger charge is 2.29. The molecule has 0 atom stereocenters. The molecule has 0 aliphatic carbocycles. The van der Waals surface area contributed by atoms with Gasteiger partial charge in [-0.1, -0.05) is 6.07 Å². The van der Waals surface area contributed by atoms with Gasteiger partial charge in [-0.05, 0) is 44.5 Å². The van der Waals surface area contributed by atoms with Crippen molar-refractivity contribution >= 4 is 29.5 Å². The van der Waals surface area contributed by atoms with Gasteiger partial charge in [0, 0.05) is 6.08 Å². The predicted molar refractivity (Wildman–Crippen MR) is 122 cm³/mol. The van der Waals surface area contributed by atoms with Crippen LogP contribution in [0.1, 0.15) is 47.2 Å². The van der Waals surface area contributed by atoms with Crippen LogP contribution in [0.15, 0.2) is 27.0 Å². The van der Waals surface area contributed by atoms with Crippen LogP contribution < -0.4 is 9.47 Å². The van der Waals surface area contributed by atoms with Crippen molar-refractivity contribution in [1.82, 2.24) is 9.97 Å². The van der Waals surface area contributed by atoms with Crippen LogP contribution in [0.3, 0.4) is 0 Å². The van der Waals surface area contributed by atoms with E-state index >= 15 is 0 Å². The van der Waals surface area contributed by atoms with Gasteiger partial charge in [0.25, 0.3) is 0 Å². The summed E-state index contributed by atoms with van der Waals surface area (Å²) in [4.78, 5) is 20.9. The second-order valence-corrected chi connectivity index (χ2v) is 6.88. The van der Waals surface area contributed by atoms with E-state index in [1.54, 1.807) is 52.4 Å². The van der Waals surface area contributed by atoms with Crippen LogP contribution in [-0.4, -0.2) is 41.9 Å². The summed E-state index contributed by atoms with van der Waals surface area (Å²) in [6.07, 6.45) is 3.33. The number of carbonyl (C=O) groups is 1. The quantitative estimate of drug-likeness (QED) is 0.290. The summed E-state index contributed by atoms with van der Waals surface area (Å²) in [5.74, 6) is 0.0980. The van der Waals surface area contributed by atoms with Crippen molar-refractivity contribution in [3.8, 4) is 17.6 Å². The third kappa shape index (κ3) is 4.94. The van der Waals surface area contributed by atoms with Crippen LogP contribution in [0.25, 0.3) is 23.5 Å². The van der Waals surface area contributed by atoms with Gasteiger partial charge in [0.05, 0.1) is 20.8 Å². The number of aliphatic hydroxyl groups excluding tert-OH is 1. The first-order valence-corrected chi connectivity index (χ1v) is 10.2. The number of oxazole rings is 2. The lowest BCUT2D eigenvalue weighted by molar-refractivity contribution is -0.136. The molecule has 0 aliphatic rings. The molecular formula is C24H23N3O7. The Morgan fingerprint density at radius 1 is 1.12 bits per heavy atom. The molecule has 34 heavy (non-hydrogen) atoms. The highest BCUT2D eigenvalue weighted by molar-refractivity contribution is 6.22. The fraction of sp³-hybridized carbons (Fsp3) is 0.250. The van der Waals surface area contributed by atoms with E-state index in [2.05, 4.69) is 9.97 Å². The first-order valence-electron chi connectivity index (χ1n) is 10.2. The minimum absolute atomic E-state index is 0.00405. The summed E-state index contributed by atoms with van der Waals surface area (Å²) in [5.41, 5.74) is 0.420. The number of nitrogens with zero attached hydrogens (tertiary/aromatic N) is 3. The summed E-state index contributed by atoms with van der Waals surface area (Å²) in [6.45, 7) is 4.77. The van der Waals surface area contributed by atoms with Gasteiger partial charge in [-0.3, -0.25) is 0 Å². The minimum Gasteiger partial charge on any atom is -0.505 e. The van der Waals surface area contributed by atoms with Crippen molar-refractivity contribution in [3.63, 3.8) is 0 Å². The molecule has 0 bridgehead atoms. The maximum atomic E-state index is 12.6. The van der Waals surface area contributed by atoms with Crippen molar-refractivity contribution in [2.45, 2.75) is 20.8 Å². The smallest absolute Gasteiger partial charge is 0.347 e. The number of carbonyl (C=O) groups excluding carboxylic acids is 1. The van der Waals surface area contributed by atoms with Crippen LogP contribution >= 0.6 is 0 Å². The number of aromatic nitrogens is 2. The van der Waals surface area contributed by atoms with E-state index in [9.17, 15) is 9.90 Å². The van der Waals surface area contributed by atoms with Crippen LogP contribution in [0, 0.1) is 25.2 Å². The van der Waals surface area contributed by atoms with Gasteiger partial charge in [0.1, 0.15) is 23.3 Å². The standard InChI is InChI=1S/C24H23N3O7/c1-6-32-24(29)20(23-26-16(12-25)13(2)34-23)22(28)21-14(3)33-19(27-21)10-8-15-7-9-17(30-4)18(11-15)31-5/h7-11,28H,6H2,1-5H3/b10-8+,22-20?. The molecule has 2 aromatic heterocycles. The second-order valence-electron chi connectivity index (χ2n) is 6.88. The predicted octanol–water partition coefficient (Wildman–Crippen LogP) is 4.33. The van der Waals surface area contributed by atoms with Gasteiger partial charge in [-0.25, -0.2) is 9.78 Å². The molecule has 0 radical (unpaired) electrons. The molecule has 0 unspecified atom stereocenters. The number of hydrogen-bond donors (Lipinski definition) is 1. The number of rotatable bonds is 8. The molecule has 0 saturated carbocycles. The van der Waals surface area contributed by atoms with Crippen molar-refractivity contribution < 1.29 is 32.9 Å². The zero-order valence-corrected chi connectivity index (χ0v) is 19.3.